The maximum Gasteiger partial charge on any atom is 0.0875 e. The molecule has 5 unspecified atom stereocenters. The van der Waals surface area contributed by atoms with Crippen LogP contribution in [0.1, 0.15) is 46.1 Å². The second-order valence-corrected chi connectivity index (χ2v) is 10.6. The van der Waals surface area contributed by atoms with Crippen LogP contribution in [-0.4, -0.2) is 6.61 Å². The van der Waals surface area contributed by atoms with Crippen LogP contribution in [-0.2, 0) is 10.3 Å². The van der Waals surface area contributed by atoms with E-state index in [0.29, 0.717) is 0 Å². The van der Waals surface area contributed by atoms with E-state index in [1.54, 1.807) is 0 Å². The highest BCUT2D eigenvalue weighted by molar-refractivity contribution is 7.80. The van der Waals surface area contributed by atoms with Crippen LogP contribution in [0.2, 0.25) is 0 Å². The van der Waals surface area contributed by atoms with Crippen molar-refractivity contribution in [3.63, 3.8) is 0 Å². The van der Waals surface area contributed by atoms with E-state index in [4.69, 9.17) is 17.4 Å². The quantitative estimate of drug-likeness (QED) is 0.351. The van der Waals surface area contributed by atoms with Gasteiger partial charge in [-0.2, -0.15) is 0 Å². The highest BCUT2D eigenvalue weighted by Crippen LogP contribution is 2.55. The van der Waals surface area contributed by atoms with Crippen LogP contribution in [0.4, 0.5) is 0 Å². The molecule has 5 rings (SSSR count). The third-order valence-electron chi connectivity index (χ3n) is 8.23. The van der Waals surface area contributed by atoms with Crippen LogP contribution in [0.25, 0.3) is 21.5 Å². The van der Waals surface area contributed by atoms with Gasteiger partial charge in [0.1, 0.15) is 0 Å². The minimum Gasteiger partial charge on any atom is -0.371 e. The summed E-state index contributed by atoms with van der Waals surface area (Å²) >= 11 is 4.80. The van der Waals surface area contributed by atoms with E-state index >= 15 is 0 Å². The zero-order chi connectivity index (χ0) is 20.3. The molecule has 0 aromatic heterocycles. The molecule has 2 fully saturated rings. The number of hydrogen-bond donors (Lipinski definition) is 1. The molecule has 0 N–H and O–H groups in total. The highest BCUT2D eigenvalue weighted by atomic mass is 32.1. The fraction of sp³-hybridized carbons (Fsp3) is 0.481. The first-order chi connectivity index (χ1) is 13.8. The van der Waals surface area contributed by atoms with Gasteiger partial charge in [-0.05, 0) is 95.5 Å². The largest absolute Gasteiger partial charge is 0.371 e. The zero-order valence-corrected chi connectivity index (χ0v) is 18.9. The molecule has 2 saturated carbocycles. The molecule has 0 amide bonds. The van der Waals surface area contributed by atoms with E-state index in [2.05, 4.69) is 76.2 Å². The molecule has 0 aliphatic heterocycles. The number of rotatable bonds is 4. The van der Waals surface area contributed by atoms with E-state index < -0.39 is 0 Å². The molecule has 0 heterocycles. The molecule has 0 radical (unpaired) electrons. The van der Waals surface area contributed by atoms with Gasteiger partial charge in [0.2, 0.25) is 0 Å². The summed E-state index contributed by atoms with van der Waals surface area (Å²) in [6, 6.07) is 17.5. The van der Waals surface area contributed by atoms with Gasteiger partial charge in [-0.15, -0.1) is 12.6 Å². The third kappa shape index (κ3) is 3.20. The van der Waals surface area contributed by atoms with Crippen LogP contribution >= 0.6 is 12.6 Å². The Morgan fingerprint density at radius 2 is 1.72 bits per heavy atom. The lowest BCUT2D eigenvalue weighted by Gasteiger charge is -2.34. The van der Waals surface area contributed by atoms with E-state index in [9.17, 15) is 0 Å². The molecule has 2 heteroatoms. The van der Waals surface area contributed by atoms with E-state index in [0.717, 1.165) is 41.1 Å². The Morgan fingerprint density at radius 1 is 0.931 bits per heavy atom. The third-order valence-corrected chi connectivity index (χ3v) is 8.60. The Labute approximate surface area is 180 Å². The predicted octanol–water partition coefficient (Wildman–Crippen LogP) is 7.46. The second-order valence-electron chi connectivity index (χ2n) is 10.1. The average molecular weight is 405 g/mol. The normalized spacial score (nSPS) is 29.2. The topological polar surface area (TPSA) is 9.23 Å². The Balaban J connectivity index is 1.41. The van der Waals surface area contributed by atoms with Crippen molar-refractivity contribution < 1.29 is 4.74 Å². The summed E-state index contributed by atoms with van der Waals surface area (Å²) in [4.78, 5) is 1.03. The monoisotopic (exact) mass is 404 g/mol. The molecule has 2 aliphatic rings. The summed E-state index contributed by atoms with van der Waals surface area (Å²) in [5.41, 5.74) is 0.941. The molecule has 3 aromatic rings. The van der Waals surface area contributed by atoms with Gasteiger partial charge in [-0.25, -0.2) is 0 Å². The Hall–Kier alpha value is -1.51. The van der Waals surface area contributed by atoms with Gasteiger partial charge in [0.05, 0.1) is 12.2 Å². The van der Waals surface area contributed by atoms with E-state index in [1.165, 1.54) is 39.9 Å². The van der Waals surface area contributed by atoms with Crippen LogP contribution < -0.4 is 0 Å². The molecule has 152 valence electrons. The highest BCUT2D eigenvalue weighted by Gasteiger charge is 2.48. The smallest absolute Gasteiger partial charge is 0.0875 e. The second kappa shape index (κ2) is 7.03. The van der Waals surface area contributed by atoms with Crippen molar-refractivity contribution in [3.8, 4) is 0 Å². The first kappa shape index (κ1) is 19.5. The van der Waals surface area contributed by atoms with Crippen molar-refractivity contribution in [2.45, 2.75) is 51.0 Å². The van der Waals surface area contributed by atoms with Gasteiger partial charge in [0.25, 0.3) is 0 Å². The molecule has 1 nitrogen and oxygen atoms in total. The summed E-state index contributed by atoms with van der Waals surface area (Å²) in [7, 11) is 0. The Bertz CT molecular complexity index is 1070. The summed E-state index contributed by atoms with van der Waals surface area (Å²) in [5, 5.41) is 5.01. The molecule has 0 spiro atoms. The zero-order valence-electron chi connectivity index (χ0n) is 18.0. The van der Waals surface area contributed by atoms with Crippen molar-refractivity contribution in [1.82, 2.24) is 0 Å². The van der Waals surface area contributed by atoms with E-state index in [1.807, 2.05) is 0 Å². The molecular weight excluding hydrogens is 372 g/mol. The van der Waals surface area contributed by atoms with Crippen molar-refractivity contribution in [3.05, 3.63) is 54.1 Å². The van der Waals surface area contributed by atoms with Gasteiger partial charge in [-0.3, -0.25) is 0 Å². The maximum atomic E-state index is 6.59. The first-order valence-corrected chi connectivity index (χ1v) is 11.6. The summed E-state index contributed by atoms with van der Waals surface area (Å²) in [6.07, 6.45) is 2.78. The molecule has 2 aliphatic carbocycles. The predicted molar refractivity (Wildman–Crippen MR) is 126 cm³/mol. The number of fused-ring (bicyclic) bond motifs is 5. The lowest BCUT2D eigenvalue weighted by Crippen LogP contribution is -2.31. The van der Waals surface area contributed by atoms with Crippen LogP contribution in [0.3, 0.4) is 0 Å². The van der Waals surface area contributed by atoms with Gasteiger partial charge in [0, 0.05) is 4.90 Å². The minimum atomic E-state index is -0.295. The number of thiol groups is 1. The van der Waals surface area contributed by atoms with Crippen molar-refractivity contribution in [2.75, 3.05) is 6.61 Å². The van der Waals surface area contributed by atoms with Crippen LogP contribution in [0.15, 0.2) is 53.4 Å². The molecule has 5 atom stereocenters. The maximum absolute atomic E-state index is 6.59. The van der Waals surface area contributed by atoms with Gasteiger partial charge in [-0.1, -0.05) is 50.2 Å². The van der Waals surface area contributed by atoms with Crippen molar-refractivity contribution in [2.24, 2.45) is 29.6 Å². The SMILES string of the molecule is CC1C2CC(COC(C)(C)c3ccc4c(c3)c(S)cc3ccccc34)C(C2)C1C. The first-order valence-electron chi connectivity index (χ1n) is 11.1. The number of ether oxygens (including phenoxy) is 1. The Morgan fingerprint density at radius 3 is 2.48 bits per heavy atom. The number of benzene rings is 3. The van der Waals surface area contributed by atoms with Crippen molar-refractivity contribution in [1.29, 1.82) is 0 Å². The van der Waals surface area contributed by atoms with Crippen molar-refractivity contribution >= 4 is 34.2 Å². The van der Waals surface area contributed by atoms with Crippen LogP contribution in [0.5, 0.6) is 0 Å². The standard InChI is InChI=1S/C27H32OS/c1-16-17(2)24-12-19(16)11-20(24)15-28-27(3,4)21-9-10-23-22-8-6-5-7-18(22)13-26(29)25(23)14-21/h5-10,13-14,16-17,19-20,24,29H,11-12,15H2,1-4H3. The number of hydrogen-bond acceptors (Lipinski definition) is 2. The van der Waals surface area contributed by atoms with Gasteiger partial charge >= 0.3 is 0 Å². The van der Waals surface area contributed by atoms with Crippen LogP contribution in [0, 0.1) is 29.6 Å². The lowest BCUT2D eigenvalue weighted by molar-refractivity contribution is -0.0540. The molecular formula is C27H32OS. The summed E-state index contributed by atoms with van der Waals surface area (Å²) in [5.74, 6) is 4.26. The summed E-state index contributed by atoms with van der Waals surface area (Å²) in [6.45, 7) is 10.2. The molecule has 3 aromatic carbocycles. The van der Waals surface area contributed by atoms with Gasteiger partial charge < -0.3 is 4.74 Å². The fourth-order valence-electron chi connectivity index (χ4n) is 6.14. The fourth-order valence-corrected chi connectivity index (χ4v) is 6.47. The lowest BCUT2D eigenvalue weighted by atomic mass is 9.76. The van der Waals surface area contributed by atoms with Gasteiger partial charge in [0.15, 0.2) is 0 Å². The molecule has 2 bridgehead atoms. The van der Waals surface area contributed by atoms with E-state index in [-0.39, 0.29) is 5.60 Å². The average Bonchev–Trinajstić information content (AvgIpc) is 3.26. The minimum absolute atomic E-state index is 0.295. The Kier molecular flexibility index (Phi) is 4.71. The molecule has 29 heavy (non-hydrogen) atoms. The molecule has 0 saturated heterocycles. The summed E-state index contributed by atoms with van der Waals surface area (Å²) < 4.78 is 6.59.